The van der Waals surface area contributed by atoms with Gasteiger partial charge in [0.15, 0.2) is 0 Å². The van der Waals surface area contributed by atoms with Gasteiger partial charge in [0.25, 0.3) is 5.91 Å². The molecular formula is C19H24N4O2. The Hall–Kier alpha value is -2.24. The molecule has 0 N–H and O–H groups in total. The Balaban J connectivity index is 1.42. The lowest BCUT2D eigenvalue weighted by molar-refractivity contribution is 0.0749. The second kappa shape index (κ2) is 6.94. The van der Waals surface area contributed by atoms with E-state index in [1.165, 1.54) is 19.3 Å². The summed E-state index contributed by atoms with van der Waals surface area (Å²) in [7, 11) is 0. The van der Waals surface area contributed by atoms with Crippen molar-refractivity contribution in [3.05, 3.63) is 41.3 Å². The van der Waals surface area contributed by atoms with Gasteiger partial charge in [-0.15, -0.1) is 0 Å². The monoisotopic (exact) mass is 340 g/mol. The highest BCUT2D eigenvalue weighted by atomic mass is 16.5. The van der Waals surface area contributed by atoms with Crippen LogP contribution >= 0.6 is 0 Å². The van der Waals surface area contributed by atoms with E-state index in [9.17, 15) is 4.79 Å². The lowest BCUT2D eigenvalue weighted by Gasteiger charge is -2.18. The second-order valence-corrected chi connectivity index (χ2v) is 7.24. The summed E-state index contributed by atoms with van der Waals surface area (Å²) in [5.41, 5.74) is 1.91. The summed E-state index contributed by atoms with van der Waals surface area (Å²) >= 11 is 0. The number of aryl methyl sites for hydroxylation is 1. The number of aromatic nitrogens is 3. The molecule has 0 bridgehead atoms. The van der Waals surface area contributed by atoms with Crippen LogP contribution in [0.3, 0.4) is 0 Å². The van der Waals surface area contributed by atoms with Gasteiger partial charge in [0, 0.05) is 42.9 Å². The number of nitrogens with zero attached hydrogens (tertiary/aromatic N) is 4. The second-order valence-electron chi connectivity index (χ2n) is 7.24. The van der Waals surface area contributed by atoms with Crippen molar-refractivity contribution in [3.8, 4) is 0 Å². The van der Waals surface area contributed by atoms with Crippen molar-refractivity contribution in [2.75, 3.05) is 13.1 Å². The Morgan fingerprint density at radius 2 is 2.04 bits per heavy atom. The van der Waals surface area contributed by atoms with Crippen LogP contribution in [-0.4, -0.2) is 39.0 Å². The van der Waals surface area contributed by atoms with Crippen LogP contribution in [0.2, 0.25) is 0 Å². The van der Waals surface area contributed by atoms with Gasteiger partial charge in [-0.3, -0.25) is 4.79 Å². The summed E-state index contributed by atoms with van der Waals surface area (Å²) < 4.78 is 5.38. The molecule has 1 aliphatic heterocycles. The van der Waals surface area contributed by atoms with Crippen LogP contribution in [0, 0.1) is 6.92 Å². The molecule has 25 heavy (non-hydrogen) atoms. The van der Waals surface area contributed by atoms with Crippen LogP contribution < -0.4 is 0 Å². The summed E-state index contributed by atoms with van der Waals surface area (Å²) in [5, 5.41) is 4.17. The van der Waals surface area contributed by atoms with Gasteiger partial charge >= 0.3 is 0 Å². The molecule has 1 saturated heterocycles. The molecule has 3 heterocycles. The number of likely N-dealkylation sites (tertiary alicyclic amines) is 1. The number of hydrogen-bond acceptors (Lipinski definition) is 5. The average molecular weight is 340 g/mol. The maximum Gasteiger partial charge on any atom is 0.292 e. The molecule has 2 fully saturated rings. The van der Waals surface area contributed by atoms with Crippen molar-refractivity contribution < 1.29 is 9.32 Å². The third-order valence-corrected chi connectivity index (χ3v) is 5.42. The minimum absolute atomic E-state index is 0.0651. The molecule has 2 aromatic rings. The Kier molecular flexibility index (Phi) is 4.51. The third kappa shape index (κ3) is 3.43. The molecule has 0 radical (unpaired) electrons. The van der Waals surface area contributed by atoms with Crippen molar-refractivity contribution in [1.82, 2.24) is 20.0 Å². The van der Waals surface area contributed by atoms with Crippen molar-refractivity contribution in [3.63, 3.8) is 0 Å². The minimum Gasteiger partial charge on any atom is -0.351 e. The van der Waals surface area contributed by atoms with Crippen molar-refractivity contribution in [2.24, 2.45) is 0 Å². The first-order valence-corrected chi connectivity index (χ1v) is 9.26. The normalized spacial score (nSPS) is 21.6. The molecule has 0 spiro atoms. The zero-order chi connectivity index (χ0) is 17.2. The summed E-state index contributed by atoms with van der Waals surface area (Å²) in [6.07, 6.45) is 8.76. The van der Waals surface area contributed by atoms with Gasteiger partial charge < -0.3 is 9.42 Å². The summed E-state index contributed by atoms with van der Waals surface area (Å²) in [6.45, 7) is 3.31. The molecule has 1 atom stereocenters. The van der Waals surface area contributed by atoms with Crippen LogP contribution in [0.1, 0.15) is 78.1 Å². The molecule has 6 nitrogen and oxygen atoms in total. The van der Waals surface area contributed by atoms with E-state index in [-0.39, 0.29) is 11.8 Å². The molecule has 6 heteroatoms. The highest BCUT2D eigenvalue weighted by Gasteiger charge is 2.32. The topological polar surface area (TPSA) is 72.1 Å². The quantitative estimate of drug-likeness (QED) is 0.856. The van der Waals surface area contributed by atoms with E-state index in [0.29, 0.717) is 24.8 Å². The van der Waals surface area contributed by atoms with Gasteiger partial charge in [0.2, 0.25) is 5.76 Å². The first-order chi connectivity index (χ1) is 12.2. The Morgan fingerprint density at radius 3 is 2.84 bits per heavy atom. The fourth-order valence-electron chi connectivity index (χ4n) is 3.96. The van der Waals surface area contributed by atoms with E-state index >= 15 is 0 Å². The zero-order valence-electron chi connectivity index (χ0n) is 14.6. The standard InChI is InChI=1S/C19H24N4O2/c1-13-7-9-20-18(21-13)15-8-10-23(12-15)19(24)17-11-16(22-25-17)14-5-3-2-4-6-14/h7,9,11,14-15H,2-6,8,10,12H2,1H3/t15-/m0/s1. The van der Waals surface area contributed by atoms with Crippen LogP contribution in [-0.2, 0) is 0 Å². The summed E-state index contributed by atoms with van der Waals surface area (Å²) in [6, 6.07) is 3.75. The maximum atomic E-state index is 12.7. The maximum absolute atomic E-state index is 12.7. The molecule has 0 unspecified atom stereocenters. The predicted octanol–water partition coefficient (Wildman–Crippen LogP) is 3.45. The molecule has 132 valence electrons. The van der Waals surface area contributed by atoms with E-state index in [1.54, 1.807) is 6.20 Å². The first kappa shape index (κ1) is 16.2. The lowest BCUT2D eigenvalue weighted by atomic mass is 9.87. The number of carbonyl (C=O) groups excluding carboxylic acids is 1. The Bertz CT molecular complexity index is 751. The van der Waals surface area contributed by atoms with E-state index in [2.05, 4.69) is 15.1 Å². The van der Waals surface area contributed by atoms with Crippen LogP contribution in [0.5, 0.6) is 0 Å². The molecular weight excluding hydrogens is 316 g/mol. The van der Waals surface area contributed by atoms with Crippen LogP contribution in [0.15, 0.2) is 22.9 Å². The molecule has 0 aromatic carbocycles. The highest BCUT2D eigenvalue weighted by Crippen LogP contribution is 2.33. The lowest BCUT2D eigenvalue weighted by Crippen LogP contribution is -2.28. The summed E-state index contributed by atoms with van der Waals surface area (Å²) in [4.78, 5) is 23.4. The van der Waals surface area contributed by atoms with Crippen molar-refractivity contribution in [2.45, 2.75) is 57.3 Å². The molecule has 1 aliphatic carbocycles. The molecule has 1 amide bonds. The van der Waals surface area contributed by atoms with Crippen molar-refractivity contribution in [1.29, 1.82) is 0 Å². The highest BCUT2D eigenvalue weighted by molar-refractivity contribution is 5.91. The molecule has 2 aromatic heterocycles. The van der Waals surface area contributed by atoms with E-state index < -0.39 is 0 Å². The first-order valence-electron chi connectivity index (χ1n) is 9.26. The number of rotatable bonds is 3. The Labute approximate surface area is 147 Å². The summed E-state index contributed by atoms with van der Waals surface area (Å²) in [5.74, 6) is 1.78. The molecule has 4 rings (SSSR count). The van der Waals surface area contributed by atoms with Gasteiger partial charge in [0.05, 0.1) is 5.69 Å². The van der Waals surface area contributed by atoms with Crippen LogP contribution in [0.25, 0.3) is 0 Å². The van der Waals surface area contributed by atoms with Gasteiger partial charge in [-0.2, -0.15) is 0 Å². The average Bonchev–Trinajstić information content (AvgIpc) is 3.32. The van der Waals surface area contributed by atoms with Crippen LogP contribution in [0.4, 0.5) is 0 Å². The van der Waals surface area contributed by atoms with Gasteiger partial charge in [-0.05, 0) is 32.3 Å². The smallest absolute Gasteiger partial charge is 0.292 e. The van der Waals surface area contributed by atoms with Crippen molar-refractivity contribution >= 4 is 5.91 Å². The van der Waals surface area contributed by atoms with Gasteiger partial charge in [-0.25, -0.2) is 9.97 Å². The fourth-order valence-corrected chi connectivity index (χ4v) is 3.96. The number of carbonyl (C=O) groups is 1. The van der Waals surface area contributed by atoms with Gasteiger partial charge in [-0.1, -0.05) is 24.4 Å². The number of amides is 1. The predicted molar refractivity (Wildman–Crippen MR) is 92.4 cm³/mol. The Morgan fingerprint density at radius 1 is 1.20 bits per heavy atom. The molecule has 2 aliphatic rings. The number of hydrogen-bond donors (Lipinski definition) is 0. The SMILES string of the molecule is Cc1ccnc([C@H]2CCN(C(=O)c3cc(C4CCCCC4)no3)C2)n1. The van der Waals surface area contributed by atoms with E-state index in [1.807, 2.05) is 24.0 Å². The largest absolute Gasteiger partial charge is 0.351 e. The molecule has 1 saturated carbocycles. The third-order valence-electron chi connectivity index (χ3n) is 5.42. The minimum atomic E-state index is -0.0651. The zero-order valence-corrected chi connectivity index (χ0v) is 14.6. The van der Waals surface area contributed by atoms with E-state index in [4.69, 9.17) is 4.52 Å². The fraction of sp³-hybridized carbons (Fsp3) is 0.579. The van der Waals surface area contributed by atoms with E-state index in [0.717, 1.165) is 36.5 Å². The van der Waals surface area contributed by atoms with Gasteiger partial charge in [0.1, 0.15) is 5.82 Å².